The van der Waals surface area contributed by atoms with Crippen LogP contribution in [0.4, 0.5) is 5.69 Å². The summed E-state index contributed by atoms with van der Waals surface area (Å²) in [5.41, 5.74) is 1.50. The first-order valence-electron chi connectivity index (χ1n) is 3.78. The fourth-order valence-electron chi connectivity index (χ4n) is 0.900. The summed E-state index contributed by atoms with van der Waals surface area (Å²) in [5, 5.41) is 3.11. The van der Waals surface area contributed by atoms with Gasteiger partial charge in [-0.25, -0.2) is 0 Å². The highest BCUT2D eigenvalue weighted by Gasteiger charge is 2.05. The molecule has 0 aliphatic carbocycles. The minimum Gasteiger partial charge on any atom is -0.314 e. The van der Waals surface area contributed by atoms with E-state index < -0.39 is 5.91 Å². The molecule has 1 N–H and O–H groups in total. The van der Waals surface area contributed by atoms with E-state index in [1.54, 1.807) is 6.07 Å². The molecule has 0 spiro atoms. The lowest BCUT2D eigenvalue weighted by Crippen LogP contribution is -2.08. The number of terminal acetylenes is 1. The molecule has 0 aliphatic heterocycles. The van der Waals surface area contributed by atoms with Crippen LogP contribution in [-0.2, 0) is 4.79 Å². The average Bonchev–Trinajstić information content (AvgIpc) is 2.14. The Morgan fingerprint density at radius 2 is 2.29 bits per heavy atom. The van der Waals surface area contributed by atoms with Crippen molar-refractivity contribution in [1.82, 2.24) is 0 Å². The van der Waals surface area contributed by atoms with Crippen LogP contribution in [0.15, 0.2) is 16.6 Å². The second kappa shape index (κ2) is 4.50. The monoisotopic (exact) mass is 271 g/mol. The number of hydrogen-bond donors (Lipinski definition) is 1. The molecule has 0 aromatic heterocycles. The van der Waals surface area contributed by atoms with Crippen LogP contribution >= 0.6 is 27.5 Å². The minimum absolute atomic E-state index is 0.495. The second-order valence-corrected chi connectivity index (χ2v) is 3.94. The molecule has 1 aromatic rings. The van der Waals surface area contributed by atoms with Gasteiger partial charge in [0.2, 0.25) is 0 Å². The molecule has 0 heterocycles. The summed E-state index contributed by atoms with van der Waals surface area (Å²) in [6, 6.07) is 3.46. The van der Waals surface area contributed by atoms with Gasteiger partial charge in [-0.1, -0.05) is 11.6 Å². The topological polar surface area (TPSA) is 29.1 Å². The first kappa shape index (κ1) is 11.1. The van der Waals surface area contributed by atoms with Crippen molar-refractivity contribution in [2.75, 3.05) is 5.32 Å². The van der Waals surface area contributed by atoms with Gasteiger partial charge in [-0.2, -0.15) is 0 Å². The molecule has 14 heavy (non-hydrogen) atoms. The molecule has 0 radical (unpaired) electrons. The lowest BCUT2D eigenvalue weighted by Gasteiger charge is -2.06. The van der Waals surface area contributed by atoms with Gasteiger partial charge >= 0.3 is 0 Å². The Morgan fingerprint density at radius 1 is 1.64 bits per heavy atom. The van der Waals surface area contributed by atoms with Crippen LogP contribution in [0.5, 0.6) is 0 Å². The van der Waals surface area contributed by atoms with E-state index in [2.05, 4.69) is 21.2 Å². The van der Waals surface area contributed by atoms with Gasteiger partial charge in [0.15, 0.2) is 0 Å². The van der Waals surface area contributed by atoms with E-state index in [1.165, 1.54) is 0 Å². The fraction of sp³-hybridized carbons (Fsp3) is 0.100. The number of halogens is 2. The van der Waals surface area contributed by atoms with Crippen LogP contribution in [-0.4, -0.2) is 5.91 Å². The van der Waals surface area contributed by atoms with Gasteiger partial charge in [-0.15, -0.1) is 6.42 Å². The van der Waals surface area contributed by atoms with Crippen molar-refractivity contribution in [1.29, 1.82) is 0 Å². The zero-order valence-corrected chi connectivity index (χ0v) is 9.74. The van der Waals surface area contributed by atoms with E-state index in [0.29, 0.717) is 10.7 Å². The van der Waals surface area contributed by atoms with Crippen molar-refractivity contribution in [2.24, 2.45) is 0 Å². The van der Waals surface area contributed by atoms with E-state index in [1.807, 2.05) is 18.9 Å². The Kier molecular flexibility index (Phi) is 3.56. The molecule has 0 aliphatic rings. The summed E-state index contributed by atoms with van der Waals surface area (Å²) >= 11 is 9.19. The molecule has 0 saturated heterocycles. The van der Waals surface area contributed by atoms with E-state index in [9.17, 15) is 4.79 Å². The highest BCUT2D eigenvalue weighted by molar-refractivity contribution is 9.10. The van der Waals surface area contributed by atoms with Crippen molar-refractivity contribution in [2.45, 2.75) is 6.92 Å². The van der Waals surface area contributed by atoms with Crippen LogP contribution in [0.2, 0.25) is 5.02 Å². The predicted molar refractivity (Wildman–Crippen MR) is 61.4 cm³/mol. The van der Waals surface area contributed by atoms with Crippen molar-refractivity contribution in [3.8, 4) is 12.3 Å². The predicted octanol–water partition coefficient (Wildman–Crippen LogP) is 2.98. The molecule has 4 heteroatoms. The van der Waals surface area contributed by atoms with Gasteiger partial charge in [0, 0.05) is 9.50 Å². The lowest BCUT2D eigenvalue weighted by atomic mass is 10.2. The van der Waals surface area contributed by atoms with Gasteiger partial charge in [-0.3, -0.25) is 4.79 Å². The van der Waals surface area contributed by atoms with E-state index >= 15 is 0 Å². The zero-order chi connectivity index (χ0) is 10.7. The van der Waals surface area contributed by atoms with E-state index in [0.717, 1.165) is 10.0 Å². The van der Waals surface area contributed by atoms with Crippen molar-refractivity contribution in [3.63, 3.8) is 0 Å². The molecular formula is C10H7BrClNO. The quantitative estimate of drug-likeness (QED) is 0.783. The molecule has 0 unspecified atom stereocenters. The number of aryl methyl sites for hydroxylation is 1. The molecule has 72 valence electrons. The molecular weight excluding hydrogens is 265 g/mol. The Labute approximate surface area is 95.8 Å². The minimum atomic E-state index is -0.495. The number of carbonyl (C=O) groups excluding carboxylic acids is 1. The SMILES string of the molecule is C#CC(=O)Nc1cc(Cl)c(C)cc1Br. The van der Waals surface area contributed by atoms with Crippen molar-refractivity contribution >= 4 is 39.1 Å². The molecule has 0 atom stereocenters. The first-order chi connectivity index (χ1) is 6.54. The van der Waals surface area contributed by atoms with E-state index in [-0.39, 0.29) is 0 Å². The summed E-state index contributed by atoms with van der Waals surface area (Å²) in [6.45, 7) is 1.87. The zero-order valence-electron chi connectivity index (χ0n) is 7.40. The highest BCUT2D eigenvalue weighted by Crippen LogP contribution is 2.28. The number of hydrogen-bond acceptors (Lipinski definition) is 1. The summed E-state index contributed by atoms with van der Waals surface area (Å²) in [7, 11) is 0. The standard InChI is InChI=1S/C10H7BrClNO/c1-3-10(14)13-9-5-8(12)6(2)4-7(9)11/h1,4-5H,2H3,(H,13,14). The largest absolute Gasteiger partial charge is 0.314 e. The summed E-state index contributed by atoms with van der Waals surface area (Å²) in [5.74, 6) is 1.47. The van der Waals surface area contributed by atoms with Crippen LogP contribution in [0, 0.1) is 19.3 Å². The van der Waals surface area contributed by atoms with Gasteiger partial charge in [0.1, 0.15) is 0 Å². The molecule has 0 saturated carbocycles. The van der Waals surface area contributed by atoms with Crippen molar-refractivity contribution < 1.29 is 4.79 Å². The average molecular weight is 273 g/mol. The number of nitrogens with one attached hydrogen (secondary N) is 1. The molecule has 1 aromatic carbocycles. The van der Waals surface area contributed by atoms with Crippen LogP contribution in [0.25, 0.3) is 0 Å². The van der Waals surface area contributed by atoms with Crippen LogP contribution in [0.3, 0.4) is 0 Å². The fourth-order valence-corrected chi connectivity index (χ4v) is 1.62. The molecule has 2 nitrogen and oxygen atoms in total. The normalized spacial score (nSPS) is 9.29. The Morgan fingerprint density at radius 3 is 2.86 bits per heavy atom. The van der Waals surface area contributed by atoms with E-state index in [4.69, 9.17) is 18.0 Å². The Hall–Kier alpha value is -0.980. The van der Waals surface area contributed by atoms with Gasteiger partial charge in [0.25, 0.3) is 5.91 Å². The third-order valence-corrected chi connectivity index (χ3v) is 2.69. The maximum Gasteiger partial charge on any atom is 0.300 e. The number of amides is 1. The third-order valence-electron chi connectivity index (χ3n) is 1.63. The lowest BCUT2D eigenvalue weighted by molar-refractivity contribution is -0.111. The molecule has 1 rings (SSSR count). The first-order valence-corrected chi connectivity index (χ1v) is 4.95. The van der Waals surface area contributed by atoms with Gasteiger partial charge in [0.05, 0.1) is 5.69 Å². The van der Waals surface area contributed by atoms with Crippen molar-refractivity contribution in [3.05, 3.63) is 27.2 Å². The maximum absolute atomic E-state index is 10.9. The number of anilines is 1. The van der Waals surface area contributed by atoms with Crippen LogP contribution < -0.4 is 5.32 Å². The third kappa shape index (κ3) is 2.50. The Balaban J connectivity index is 3.05. The number of carbonyl (C=O) groups is 1. The summed E-state index contributed by atoms with van der Waals surface area (Å²) in [6.07, 6.45) is 4.93. The smallest absolute Gasteiger partial charge is 0.300 e. The van der Waals surface area contributed by atoms with Gasteiger partial charge < -0.3 is 5.32 Å². The number of rotatable bonds is 1. The molecule has 0 fully saturated rings. The molecule has 0 bridgehead atoms. The summed E-state index contributed by atoms with van der Waals surface area (Å²) < 4.78 is 0.753. The molecule has 1 amide bonds. The second-order valence-electron chi connectivity index (χ2n) is 2.68. The maximum atomic E-state index is 10.9. The Bertz CT molecular complexity index is 423. The highest BCUT2D eigenvalue weighted by atomic mass is 79.9. The van der Waals surface area contributed by atoms with Gasteiger partial charge in [-0.05, 0) is 46.5 Å². The van der Waals surface area contributed by atoms with Crippen LogP contribution in [0.1, 0.15) is 5.56 Å². The number of benzene rings is 1. The summed E-state index contributed by atoms with van der Waals surface area (Å²) in [4.78, 5) is 10.9.